The summed E-state index contributed by atoms with van der Waals surface area (Å²) in [7, 11) is 6.49. The minimum Gasteiger partial charge on any atom is -0.303 e. The first-order valence-corrected chi connectivity index (χ1v) is 9.19. The third-order valence-electron chi connectivity index (χ3n) is 6.20. The monoisotopic (exact) mass is 289 g/mol. The molecule has 0 amide bonds. The van der Waals surface area contributed by atoms with Gasteiger partial charge in [0.05, 0.1) is 7.85 Å². The van der Waals surface area contributed by atoms with E-state index in [4.69, 9.17) is 7.85 Å². The van der Waals surface area contributed by atoms with E-state index in [1.54, 1.807) is 0 Å². The van der Waals surface area contributed by atoms with Crippen LogP contribution in [0.15, 0.2) is 0 Å². The lowest BCUT2D eigenvalue weighted by Crippen LogP contribution is -2.54. The Kier molecular flexibility index (Phi) is 5.50. The molecule has 0 N–H and O–H groups in total. The van der Waals surface area contributed by atoms with Gasteiger partial charge in [-0.3, -0.25) is 0 Å². The fourth-order valence-electron chi connectivity index (χ4n) is 5.02. The normalized spacial score (nSPS) is 34.5. The number of hydrogen-bond donors (Lipinski definition) is 0. The lowest BCUT2D eigenvalue weighted by molar-refractivity contribution is -0.107. The van der Waals surface area contributed by atoms with Gasteiger partial charge in [0.1, 0.15) is 0 Å². The Morgan fingerprint density at radius 2 is 1.62 bits per heavy atom. The molecule has 3 saturated carbocycles. The summed E-state index contributed by atoms with van der Waals surface area (Å²) in [5.74, 6) is 4.51. The molecule has 3 rings (SSSR count). The summed E-state index contributed by atoms with van der Waals surface area (Å²) in [6, 6.07) is 0. The van der Waals surface area contributed by atoms with Gasteiger partial charge in [-0.25, -0.2) is 0 Å². The van der Waals surface area contributed by atoms with Crippen LogP contribution in [0.1, 0.15) is 60.8 Å². The second kappa shape index (κ2) is 6.65. The van der Waals surface area contributed by atoms with Crippen LogP contribution in [0.2, 0.25) is 5.82 Å². The molecule has 0 aromatic heterocycles. The summed E-state index contributed by atoms with van der Waals surface area (Å²) in [6.07, 6.45) is 4.02. The van der Waals surface area contributed by atoms with Crippen LogP contribution in [0.4, 0.5) is 0 Å². The molecule has 0 aromatic rings. The van der Waals surface area contributed by atoms with Crippen LogP contribution in [-0.4, -0.2) is 32.4 Å². The molecule has 0 aromatic carbocycles. The quantitative estimate of drug-likeness (QED) is 0.618. The molecule has 120 valence electrons. The van der Waals surface area contributed by atoms with Crippen molar-refractivity contribution in [2.75, 3.05) is 19.6 Å². The molecule has 0 spiro atoms. The maximum absolute atomic E-state index is 6.49. The van der Waals surface area contributed by atoms with Crippen LogP contribution < -0.4 is 0 Å². The predicted molar refractivity (Wildman–Crippen MR) is 93.7 cm³/mol. The Labute approximate surface area is 134 Å². The summed E-state index contributed by atoms with van der Waals surface area (Å²) >= 11 is 0. The first-order valence-electron chi connectivity index (χ1n) is 9.19. The average Bonchev–Trinajstić information content (AvgIpc) is 2.35. The molecule has 2 heteroatoms. The predicted octanol–water partition coefficient (Wildman–Crippen LogP) is 4.63. The van der Waals surface area contributed by atoms with Gasteiger partial charge in [0.2, 0.25) is 0 Å². The zero-order valence-corrected chi connectivity index (χ0v) is 15.2. The number of rotatable bonds is 7. The van der Waals surface area contributed by atoms with E-state index in [0.29, 0.717) is 11.2 Å². The summed E-state index contributed by atoms with van der Waals surface area (Å²) in [5.41, 5.74) is 0.557. The minimum absolute atomic E-state index is 0.460. The van der Waals surface area contributed by atoms with Gasteiger partial charge in [0, 0.05) is 13.1 Å². The molecule has 2 radical (unpaired) electrons. The summed E-state index contributed by atoms with van der Waals surface area (Å²) in [6.45, 7) is 18.0. The maximum Gasteiger partial charge on any atom is 0.0703 e. The largest absolute Gasteiger partial charge is 0.303 e. The second-order valence-electron chi connectivity index (χ2n) is 9.26. The van der Waals surface area contributed by atoms with Gasteiger partial charge in [0.25, 0.3) is 0 Å². The topological polar surface area (TPSA) is 3.24 Å². The van der Waals surface area contributed by atoms with Crippen LogP contribution in [0, 0.1) is 35.0 Å². The van der Waals surface area contributed by atoms with Crippen molar-refractivity contribution in [3.8, 4) is 0 Å². The Morgan fingerprint density at radius 3 is 2.10 bits per heavy atom. The smallest absolute Gasteiger partial charge is 0.0703 e. The van der Waals surface area contributed by atoms with Gasteiger partial charge in [-0.05, 0) is 54.4 Å². The van der Waals surface area contributed by atoms with E-state index in [2.05, 4.69) is 46.4 Å². The van der Waals surface area contributed by atoms with E-state index in [9.17, 15) is 0 Å². The molecular formula is C19H36BN. The van der Waals surface area contributed by atoms with E-state index < -0.39 is 0 Å². The van der Waals surface area contributed by atoms with E-state index >= 15 is 0 Å². The molecular weight excluding hydrogens is 253 g/mol. The first kappa shape index (κ1) is 17.4. The van der Waals surface area contributed by atoms with Crippen molar-refractivity contribution in [3.05, 3.63) is 0 Å². The summed E-state index contributed by atoms with van der Waals surface area (Å²) in [4.78, 5) is 2.68. The van der Waals surface area contributed by atoms with Gasteiger partial charge < -0.3 is 4.90 Å². The molecule has 3 aliphatic carbocycles. The van der Waals surface area contributed by atoms with Crippen LogP contribution in [0.3, 0.4) is 0 Å². The molecule has 0 heterocycles. The van der Waals surface area contributed by atoms with Gasteiger partial charge in [-0.2, -0.15) is 0 Å². The fourth-order valence-corrected chi connectivity index (χ4v) is 5.02. The van der Waals surface area contributed by atoms with E-state index in [0.717, 1.165) is 29.6 Å². The van der Waals surface area contributed by atoms with Gasteiger partial charge >= 0.3 is 0 Å². The van der Waals surface area contributed by atoms with Crippen molar-refractivity contribution in [1.82, 2.24) is 4.90 Å². The highest BCUT2D eigenvalue weighted by atomic mass is 15.1. The molecule has 2 bridgehead atoms. The number of fused-ring (bicyclic) bond motifs is 2. The lowest BCUT2D eigenvalue weighted by atomic mass is 9.40. The van der Waals surface area contributed by atoms with Crippen LogP contribution in [0.5, 0.6) is 0 Å². The van der Waals surface area contributed by atoms with Crippen LogP contribution >= 0.6 is 0 Å². The zero-order chi connectivity index (χ0) is 15.8. The highest BCUT2D eigenvalue weighted by molar-refractivity contribution is 6.12. The highest BCUT2D eigenvalue weighted by Gasteiger charge is 2.55. The Bertz CT molecular complexity index is 326. The lowest BCUT2D eigenvalue weighted by Gasteiger charge is -2.63. The molecule has 0 aliphatic heterocycles. The Morgan fingerprint density at radius 1 is 1.05 bits per heavy atom. The van der Waals surface area contributed by atoms with Crippen LogP contribution in [0.25, 0.3) is 0 Å². The SMILES string of the molecule is [B][C@H]1C[C@H]2C[C@@H]([C@@H]1CCN(CC(C)C)CC(C)C)C2(C)C. The molecule has 4 atom stereocenters. The van der Waals surface area contributed by atoms with Crippen molar-refractivity contribution in [1.29, 1.82) is 0 Å². The van der Waals surface area contributed by atoms with Crippen molar-refractivity contribution < 1.29 is 0 Å². The number of hydrogen-bond acceptors (Lipinski definition) is 1. The first-order chi connectivity index (χ1) is 9.71. The average molecular weight is 289 g/mol. The Hall–Kier alpha value is 0.0249. The second-order valence-corrected chi connectivity index (χ2v) is 9.26. The molecule has 0 saturated heterocycles. The molecule has 3 fully saturated rings. The minimum atomic E-state index is 0.460. The molecule has 3 aliphatic rings. The number of nitrogens with zero attached hydrogens (tertiary/aromatic N) is 1. The zero-order valence-electron chi connectivity index (χ0n) is 15.2. The van der Waals surface area contributed by atoms with Crippen molar-refractivity contribution >= 4 is 7.85 Å². The molecule has 1 nitrogen and oxygen atoms in total. The van der Waals surface area contributed by atoms with E-state index in [1.165, 1.54) is 38.9 Å². The summed E-state index contributed by atoms with van der Waals surface area (Å²) in [5, 5.41) is 0. The van der Waals surface area contributed by atoms with Crippen LogP contribution in [-0.2, 0) is 0 Å². The third kappa shape index (κ3) is 3.87. The van der Waals surface area contributed by atoms with E-state index in [1.807, 2.05) is 0 Å². The summed E-state index contributed by atoms with van der Waals surface area (Å²) < 4.78 is 0. The van der Waals surface area contributed by atoms with Crippen molar-refractivity contribution in [3.63, 3.8) is 0 Å². The van der Waals surface area contributed by atoms with Gasteiger partial charge in [0.15, 0.2) is 0 Å². The standard InChI is InChI=1S/C19H36BN/c1-13(2)11-21(12-14(3)4)8-7-16-17-9-15(10-18(16)20)19(17,5)6/h13-18H,7-12H2,1-6H3/t15-,16+,17+,18+/m1/s1. The Balaban J connectivity index is 1.90. The van der Waals surface area contributed by atoms with Gasteiger partial charge in [-0.15, -0.1) is 0 Å². The van der Waals surface area contributed by atoms with Gasteiger partial charge in [-0.1, -0.05) is 53.8 Å². The fraction of sp³-hybridized carbons (Fsp3) is 1.00. The van der Waals surface area contributed by atoms with Crippen molar-refractivity contribution in [2.24, 2.45) is 35.0 Å². The molecule has 21 heavy (non-hydrogen) atoms. The van der Waals surface area contributed by atoms with E-state index in [-0.39, 0.29) is 0 Å². The third-order valence-corrected chi connectivity index (χ3v) is 6.20. The highest BCUT2D eigenvalue weighted by Crippen LogP contribution is 2.64. The molecule has 0 unspecified atom stereocenters. The van der Waals surface area contributed by atoms with Crippen molar-refractivity contribution in [2.45, 2.75) is 66.6 Å². The maximum atomic E-state index is 6.49.